The van der Waals surface area contributed by atoms with Crippen LogP contribution in [-0.2, 0) is 22.5 Å². The first-order valence-corrected chi connectivity index (χ1v) is 6.80. The number of nitrogens with two attached hydrogens (primary N) is 1. The van der Waals surface area contributed by atoms with Gasteiger partial charge in [0.2, 0.25) is 0 Å². The van der Waals surface area contributed by atoms with Crippen molar-refractivity contribution < 1.29 is 22.7 Å². The maximum atomic E-state index is 12.7. The molecule has 0 spiro atoms. The average molecular weight is 318 g/mol. The molecule has 0 atom stereocenters. The van der Waals surface area contributed by atoms with E-state index in [1.807, 2.05) is 0 Å². The van der Waals surface area contributed by atoms with Crippen LogP contribution >= 0.6 is 11.8 Å². The summed E-state index contributed by atoms with van der Waals surface area (Å²) in [7, 11) is 0. The minimum absolute atomic E-state index is 0.0615. The maximum absolute atomic E-state index is 12.7. The third-order valence-electron chi connectivity index (χ3n) is 2.52. The van der Waals surface area contributed by atoms with Gasteiger partial charge in [0, 0.05) is 11.4 Å². The summed E-state index contributed by atoms with van der Waals surface area (Å²) in [6, 6.07) is 4.55. The van der Waals surface area contributed by atoms with E-state index in [-0.39, 0.29) is 35.6 Å². The minimum Gasteiger partial charge on any atom is -0.466 e. The molecule has 0 aliphatic heterocycles. The van der Waals surface area contributed by atoms with E-state index in [9.17, 15) is 18.0 Å². The van der Waals surface area contributed by atoms with Gasteiger partial charge in [-0.25, -0.2) is 0 Å². The molecule has 4 nitrogen and oxygen atoms in total. The van der Waals surface area contributed by atoms with E-state index in [0.29, 0.717) is 5.56 Å². The smallest absolute Gasteiger partial charge is 0.446 e. The molecular formula is C13H13F3N2O2S. The summed E-state index contributed by atoms with van der Waals surface area (Å²) < 4.78 is 42.7. The molecule has 1 rings (SSSR count). The second kappa shape index (κ2) is 7.33. The van der Waals surface area contributed by atoms with Gasteiger partial charge in [0.05, 0.1) is 18.6 Å². The van der Waals surface area contributed by atoms with E-state index in [1.54, 1.807) is 13.0 Å². The Morgan fingerprint density at radius 3 is 2.52 bits per heavy atom. The van der Waals surface area contributed by atoms with Gasteiger partial charge in [0.15, 0.2) is 0 Å². The zero-order valence-electron chi connectivity index (χ0n) is 11.2. The van der Waals surface area contributed by atoms with E-state index >= 15 is 0 Å². The lowest BCUT2D eigenvalue weighted by Gasteiger charge is -2.14. The molecule has 0 aromatic heterocycles. The van der Waals surface area contributed by atoms with E-state index in [1.165, 1.54) is 12.1 Å². The van der Waals surface area contributed by atoms with Crippen molar-refractivity contribution in [1.29, 1.82) is 5.26 Å². The van der Waals surface area contributed by atoms with Crippen molar-refractivity contribution in [2.45, 2.75) is 30.3 Å². The van der Waals surface area contributed by atoms with E-state index in [0.717, 1.165) is 0 Å². The van der Waals surface area contributed by atoms with Gasteiger partial charge in [0.1, 0.15) is 6.07 Å². The zero-order valence-corrected chi connectivity index (χ0v) is 12.0. The SMILES string of the molecule is CCOC(=O)Cc1ccc(CN)c(C#N)c1SC(F)(F)F. The number of thioether (sulfide) groups is 1. The van der Waals surface area contributed by atoms with Crippen molar-refractivity contribution in [2.75, 3.05) is 6.61 Å². The fourth-order valence-corrected chi connectivity index (χ4v) is 2.48. The quantitative estimate of drug-likeness (QED) is 0.667. The highest BCUT2D eigenvalue weighted by Crippen LogP contribution is 2.41. The number of carbonyl (C=O) groups is 1. The zero-order chi connectivity index (χ0) is 16.0. The summed E-state index contributed by atoms with van der Waals surface area (Å²) in [6.45, 7) is 1.67. The molecule has 2 N–H and O–H groups in total. The van der Waals surface area contributed by atoms with Gasteiger partial charge < -0.3 is 10.5 Å². The van der Waals surface area contributed by atoms with Gasteiger partial charge in [-0.1, -0.05) is 12.1 Å². The van der Waals surface area contributed by atoms with Crippen molar-refractivity contribution in [3.63, 3.8) is 0 Å². The number of hydrogen-bond donors (Lipinski definition) is 1. The molecule has 0 bridgehead atoms. The van der Waals surface area contributed by atoms with Crippen molar-refractivity contribution in [3.05, 3.63) is 28.8 Å². The molecule has 1 aromatic carbocycles. The number of rotatable bonds is 5. The first kappa shape index (κ1) is 17.3. The highest BCUT2D eigenvalue weighted by molar-refractivity contribution is 8.00. The Morgan fingerprint density at radius 1 is 1.43 bits per heavy atom. The predicted octanol–water partition coefficient (Wildman–Crippen LogP) is 2.73. The van der Waals surface area contributed by atoms with Crippen LogP contribution in [-0.4, -0.2) is 18.1 Å². The molecule has 0 saturated carbocycles. The number of ether oxygens (including phenoxy) is 1. The molecule has 0 aliphatic carbocycles. The summed E-state index contributed by atoms with van der Waals surface area (Å²) >= 11 is -0.418. The molecule has 114 valence electrons. The fraction of sp³-hybridized carbons (Fsp3) is 0.385. The average Bonchev–Trinajstić information content (AvgIpc) is 2.39. The molecule has 0 fully saturated rings. The predicted molar refractivity (Wildman–Crippen MR) is 71.3 cm³/mol. The maximum Gasteiger partial charge on any atom is 0.446 e. The van der Waals surface area contributed by atoms with Gasteiger partial charge in [-0.15, -0.1) is 0 Å². The van der Waals surface area contributed by atoms with Crippen LogP contribution in [0, 0.1) is 11.3 Å². The molecule has 21 heavy (non-hydrogen) atoms. The van der Waals surface area contributed by atoms with E-state index in [4.69, 9.17) is 15.7 Å². The molecular weight excluding hydrogens is 305 g/mol. The minimum atomic E-state index is -4.57. The van der Waals surface area contributed by atoms with Crippen LogP contribution < -0.4 is 5.73 Å². The standard InChI is InChI=1S/C13H13F3N2O2S/c1-2-20-11(19)5-8-3-4-9(6-17)10(7-18)12(8)21-13(14,15)16/h3-4H,2,5-6,17H2,1H3. The van der Waals surface area contributed by atoms with E-state index in [2.05, 4.69) is 0 Å². The second-order valence-corrected chi connectivity index (χ2v) is 5.01. The van der Waals surface area contributed by atoms with Crippen LogP contribution in [0.4, 0.5) is 13.2 Å². The summed E-state index contributed by atoms with van der Waals surface area (Å²) in [5.74, 6) is -0.647. The van der Waals surface area contributed by atoms with Gasteiger partial charge in [-0.2, -0.15) is 18.4 Å². The molecule has 8 heteroatoms. The number of esters is 1. The molecule has 0 heterocycles. The molecule has 1 aromatic rings. The topological polar surface area (TPSA) is 76.1 Å². The summed E-state index contributed by atoms with van der Waals surface area (Å²) in [6.07, 6.45) is -0.328. The first-order valence-electron chi connectivity index (χ1n) is 5.98. The van der Waals surface area contributed by atoms with Crippen molar-refractivity contribution >= 4 is 17.7 Å². The van der Waals surface area contributed by atoms with Gasteiger partial charge in [0.25, 0.3) is 0 Å². The summed E-state index contributed by atoms with van der Waals surface area (Å²) in [5.41, 5.74) is 1.11. The van der Waals surface area contributed by atoms with Crippen LogP contribution in [0.15, 0.2) is 17.0 Å². The van der Waals surface area contributed by atoms with Crippen molar-refractivity contribution in [3.8, 4) is 6.07 Å². The first-order chi connectivity index (χ1) is 9.82. The Morgan fingerprint density at radius 2 is 2.05 bits per heavy atom. The number of nitrogens with zero attached hydrogens (tertiary/aromatic N) is 1. The summed E-state index contributed by atoms with van der Waals surface area (Å²) in [5, 5.41) is 9.09. The van der Waals surface area contributed by atoms with Crippen LogP contribution in [0.1, 0.15) is 23.6 Å². The lowest BCUT2D eigenvalue weighted by molar-refractivity contribution is -0.142. The Bertz CT molecular complexity index is 568. The Balaban J connectivity index is 3.29. The lowest BCUT2D eigenvalue weighted by atomic mass is 10.0. The number of benzene rings is 1. The largest absolute Gasteiger partial charge is 0.466 e. The lowest BCUT2D eigenvalue weighted by Crippen LogP contribution is -2.12. The molecule has 0 amide bonds. The van der Waals surface area contributed by atoms with Crippen LogP contribution in [0.25, 0.3) is 0 Å². The van der Waals surface area contributed by atoms with Crippen LogP contribution in [0.3, 0.4) is 0 Å². The van der Waals surface area contributed by atoms with E-state index < -0.39 is 23.2 Å². The number of hydrogen-bond acceptors (Lipinski definition) is 5. The molecule has 0 radical (unpaired) electrons. The molecule has 0 saturated heterocycles. The highest BCUT2D eigenvalue weighted by atomic mass is 32.2. The monoisotopic (exact) mass is 318 g/mol. The number of alkyl halides is 3. The second-order valence-electron chi connectivity index (χ2n) is 3.93. The molecule has 0 aliphatic rings. The van der Waals surface area contributed by atoms with Crippen molar-refractivity contribution in [1.82, 2.24) is 0 Å². The number of halogens is 3. The third-order valence-corrected chi connectivity index (χ3v) is 3.42. The van der Waals surface area contributed by atoms with Gasteiger partial charge in [-0.3, -0.25) is 4.79 Å². The van der Waals surface area contributed by atoms with Crippen LogP contribution in [0.2, 0.25) is 0 Å². The number of nitriles is 1. The molecule has 0 unspecified atom stereocenters. The van der Waals surface area contributed by atoms with Gasteiger partial charge in [-0.05, 0) is 29.8 Å². The number of carbonyl (C=O) groups excluding carboxylic acids is 1. The Labute approximate surface area is 124 Å². The fourth-order valence-electron chi connectivity index (χ4n) is 1.70. The Kier molecular flexibility index (Phi) is 6.05. The third kappa shape index (κ3) is 4.95. The normalized spacial score (nSPS) is 11.0. The van der Waals surface area contributed by atoms with Gasteiger partial charge >= 0.3 is 11.5 Å². The highest BCUT2D eigenvalue weighted by Gasteiger charge is 2.32. The Hall–Kier alpha value is -1.72. The van der Waals surface area contributed by atoms with Crippen molar-refractivity contribution in [2.24, 2.45) is 5.73 Å². The summed E-state index contributed by atoms with van der Waals surface area (Å²) in [4.78, 5) is 11.2. The van der Waals surface area contributed by atoms with Crippen LogP contribution in [0.5, 0.6) is 0 Å².